The summed E-state index contributed by atoms with van der Waals surface area (Å²) in [5.74, 6) is 0.893. The van der Waals surface area contributed by atoms with E-state index in [1.807, 2.05) is 42.5 Å². The molecule has 2 aromatic carbocycles. The van der Waals surface area contributed by atoms with Crippen LogP contribution in [0.15, 0.2) is 42.5 Å². The topological polar surface area (TPSA) is 21.3 Å². The van der Waals surface area contributed by atoms with Gasteiger partial charge in [-0.05, 0) is 30.7 Å². The van der Waals surface area contributed by atoms with Crippen molar-refractivity contribution in [2.75, 3.05) is 12.4 Å². The van der Waals surface area contributed by atoms with Crippen LogP contribution in [-0.4, -0.2) is 7.11 Å². The molecular formula is C15H16ClNO. The molecule has 0 aliphatic heterocycles. The quantitative estimate of drug-likeness (QED) is 0.888. The van der Waals surface area contributed by atoms with Gasteiger partial charge < -0.3 is 10.1 Å². The summed E-state index contributed by atoms with van der Waals surface area (Å²) in [6.07, 6.45) is 0. The number of nitrogens with one attached hydrogen (secondary N) is 1. The molecule has 2 nitrogen and oxygen atoms in total. The fourth-order valence-corrected chi connectivity index (χ4v) is 2.00. The van der Waals surface area contributed by atoms with Gasteiger partial charge in [0.1, 0.15) is 5.75 Å². The van der Waals surface area contributed by atoms with Crippen LogP contribution < -0.4 is 10.1 Å². The molecule has 0 bridgehead atoms. The molecule has 0 atom stereocenters. The highest BCUT2D eigenvalue weighted by molar-refractivity contribution is 6.30. The van der Waals surface area contributed by atoms with Gasteiger partial charge in [-0.15, -0.1) is 0 Å². The fraction of sp³-hybridized carbons (Fsp3) is 0.200. The van der Waals surface area contributed by atoms with Crippen molar-refractivity contribution in [3.05, 3.63) is 58.6 Å². The van der Waals surface area contributed by atoms with Gasteiger partial charge in [-0.1, -0.05) is 35.9 Å². The zero-order chi connectivity index (χ0) is 13.0. The van der Waals surface area contributed by atoms with E-state index in [0.717, 1.165) is 22.0 Å². The van der Waals surface area contributed by atoms with E-state index in [1.54, 1.807) is 7.11 Å². The number of methoxy groups -OCH3 is 1. The van der Waals surface area contributed by atoms with Gasteiger partial charge in [0.15, 0.2) is 0 Å². The second-order valence-corrected chi connectivity index (χ2v) is 4.56. The van der Waals surface area contributed by atoms with Gasteiger partial charge in [-0.2, -0.15) is 0 Å². The number of benzene rings is 2. The molecule has 0 aliphatic rings. The maximum Gasteiger partial charge on any atom is 0.123 e. The van der Waals surface area contributed by atoms with E-state index in [1.165, 1.54) is 5.56 Å². The first-order chi connectivity index (χ1) is 8.70. The Labute approximate surface area is 113 Å². The van der Waals surface area contributed by atoms with Crippen LogP contribution in [0.3, 0.4) is 0 Å². The highest BCUT2D eigenvalue weighted by atomic mass is 35.5. The van der Waals surface area contributed by atoms with Crippen LogP contribution in [0.25, 0.3) is 0 Å². The molecule has 0 aliphatic carbocycles. The van der Waals surface area contributed by atoms with Crippen molar-refractivity contribution >= 4 is 17.3 Å². The third kappa shape index (κ3) is 2.96. The molecule has 94 valence electrons. The number of hydrogen-bond donors (Lipinski definition) is 1. The van der Waals surface area contributed by atoms with Gasteiger partial charge in [0.2, 0.25) is 0 Å². The average molecular weight is 262 g/mol. The number of hydrogen-bond acceptors (Lipinski definition) is 2. The molecule has 1 N–H and O–H groups in total. The molecule has 0 amide bonds. The minimum Gasteiger partial charge on any atom is -0.496 e. The van der Waals surface area contributed by atoms with E-state index in [9.17, 15) is 0 Å². The van der Waals surface area contributed by atoms with E-state index in [2.05, 4.69) is 12.2 Å². The molecule has 3 heteroatoms. The van der Waals surface area contributed by atoms with Crippen molar-refractivity contribution in [3.8, 4) is 5.75 Å². The van der Waals surface area contributed by atoms with Gasteiger partial charge in [0.05, 0.1) is 7.11 Å². The van der Waals surface area contributed by atoms with Crippen LogP contribution in [0.2, 0.25) is 5.02 Å². The molecule has 0 heterocycles. The summed E-state index contributed by atoms with van der Waals surface area (Å²) in [6, 6.07) is 13.8. The average Bonchev–Trinajstić information content (AvgIpc) is 2.40. The first-order valence-electron chi connectivity index (χ1n) is 5.82. The Kier molecular flexibility index (Phi) is 4.11. The first-order valence-corrected chi connectivity index (χ1v) is 6.20. The number of halogens is 1. The summed E-state index contributed by atoms with van der Waals surface area (Å²) in [6.45, 7) is 2.77. The SMILES string of the molecule is COc1ccccc1CNc1cc(Cl)ccc1C. The molecule has 0 saturated carbocycles. The van der Waals surface area contributed by atoms with Crippen molar-refractivity contribution in [1.29, 1.82) is 0 Å². The molecule has 0 unspecified atom stereocenters. The van der Waals surface area contributed by atoms with E-state index in [-0.39, 0.29) is 0 Å². The Morgan fingerprint density at radius 1 is 1.17 bits per heavy atom. The van der Waals surface area contributed by atoms with E-state index in [0.29, 0.717) is 6.54 Å². The molecule has 0 saturated heterocycles. The van der Waals surface area contributed by atoms with Crippen LogP contribution in [0.5, 0.6) is 5.75 Å². The summed E-state index contributed by atoms with van der Waals surface area (Å²) >= 11 is 5.99. The first kappa shape index (κ1) is 12.8. The normalized spacial score (nSPS) is 10.2. The highest BCUT2D eigenvalue weighted by Crippen LogP contribution is 2.23. The largest absolute Gasteiger partial charge is 0.496 e. The highest BCUT2D eigenvalue weighted by Gasteiger charge is 2.03. The molecule has 18 heavy (non-hydrogen) atoms. The van der Waals surface area contributed by atoms with Gasteiger partial charge >= 0.3 is 0 Å². The summed E-state index contributed by atoms with van der Waals surface area (Å²) in [5.41, 5.74) is 3.35. The van der Waals surface area contributed by atoms with Crippen LogP contribution in [0.4, 0.5) is 5.69 Å². The lowest BCUT2D eigenvalue weighted by Gasteiger charge is -2.12. The van der Waals surface area contributed by atoms with Crippen LogP contribution in [-0.2, 0) is 6.54 Å². The Balaban J connectivity index is 2.14. The Hall–Kier alpha value is -1.67. The zero-order valence-corrected chi connectivity index (χ0v) is 11.3. The van der Waals surface area contributed by atoms with Crippen molar-refractivity contribution in [3.63, 3.8) is 0 Å². The van der Waals surface area contributed by atoms with Crippen molar-refractivity contribution in [1.82, 2.24) is 0 Å². The van der Waals surface area contributed by atoms with Crippen LogP contribution in [0.1, 0.15) is 11.1 Å². The standard InChI is InChI=1S/C15H16ClNO/c1-11-7-8-13(16)9-14(11)17-10-12-5-3-4-6-15(12)18-2/h3-9,17H,10H2,1-2H3. The Morgan fingerprint density at radius 2 is 1.94 bits per heavy atom. The van der Waals surface area contributed by atoms with E-state index >= 15 is 0 Å². The molecule has 0 aromatic heterocycles. The second-order valence-electron chi connectivity index (χ2n) is 4.12. The van der Waals surface area contributed by atoms with E-state index < -0.39 is 0 Å². The van der Waals surface area contributed by atoms with E-state index in [4.69, 9.17) is 16.3 Å². The maximum absolute atomic E-state index is 5.99. The third-order valence-corrected chi connectivity index (χ3v) is 3.10. The lowest BCUT2D eigenvalue weighted by molar-refractivity contribution is 0.410. The number of para-hydroxylation sites is 1. The predicted molar refractivity (Wildman–Crippen MR) is 76.5 cm³/mol. The van der Waals surface area contributed by atoms with Gasteiger partial charge in [-0.3, -0.25) is 0 Å². The predicted octanol–water partition coefficient (Wildman–Crippen LogP) is 4.27. The minimum atomic E-state index is 0.713. The number of ether oxygens (including phenoxy) is 1. The fourth-order valence-electron chi connectivity index (χ4n) is 1.82. The van der Waals surface area contributed by atoms with Gasteiger partial charge in [0, 0.05) is 22.8 Å². The lowest BCUT2D eigenvalue weighted by atomic mass is 10.1. The smallest absolute Gasteiger partial charge is 0.123 e. The number of anilines is 1. The molecule has 0 radical (unpaired) electrons. The lowest BCUT2D eigenvalue weighted by Crippen LogP contribution is -2.02. The Bertz CT molecular complexity index is 540. The third-order valence-electron chi connectivity index (χ3n) is 2.86. The molecule has 2 aromatic rings. The van der Waals surface area contributed by atoms with Crippen molar-refractivity contribution in [2.45, 2.75) is 13.5 Å². The second kappa shape index (κ2) is 5.78. The Morgan fingerprint density at radius 3 is 2.72 bits per heavy atom. The van der Waals surface area contributed by atoms with Crippen molar-refractivity contribution in [2.24, 2.45) is 0 Å². The summed E-state index contributed by atoms with van der Waals surface area (Å²) < 4.78 is 5.32. The zero-order valence-electron chi connectivity index (χ0n) is 10.5. The summed E-state index contributed by atoms with van der Waals surface area (Å²) in [7, 11) is 1.68. The van der Waals surface area contributed by atoms with Crippen molar-refractivity contribution < 1.29 is 4.74 Å². The number of rotatable bonds is 4. The van der Waals surface area contributed by atoms with Gasteiger partial charge in [0.25, 0.3) is 0 Å². The molecular weight excluding hydrogens is 246 g/mol. The maximum atomic E-state index is 5.99. The molecule has 2 rings (SSSR count). The summed E-state index contributed by atoms with van der Waals surface area (Å²) in [4.78, 5) is 0. The van der Waals surface area contributed by atoms with Gasteiger partial charge in [-0.25, -0.2) is 0 Å². The van der Waals surface area contributed by atoms with Crippen LogP contribution in [0, 0.1) is 6.92 Å². The minimum absolute atomic E-state index is 0.713. The molecule has 0 spiro atoms. The number of aryl methyl sites for hydroxylation is 1. The summed E-state index contributed by atoms with van der Waals surface area (Å²) in [5, 5.41) is 4.12. The monoisotopic (exact) mass is 261 g/mol. The molecule has 0 fully saturated rings. The van der Waals surface area contributed by atoms with Crippen LogP contribution >= 0.6 is 11.6 Å².